The van der Waals surface area contributed by atoms with Crippen LogP contribution < -0.4 is 0 Å². The fourth-order valence-corrected chi connectivity index (χ4v) is 4.14. The SMILES string of the molecule is CC(O)CCCC(O)/C=C/C1C(O)CC(=O)C1C/C=C/CCCP(C)(=O)O. The van der Waals surface area contributed by atoms with Crippen molar-refractivity contribution < 1.29 is 29.6 Å². The summed E-state index contributed by atoms with van der Waals surface area (Å²) in [5.41, 5.74) is 0. The van der Waals surface area contributed by atoms with Gasteiger partial charge in [-0.1, -0.05) is 24.3 Å². The number of aliphatic hydroxyl groups is 3. The zero-order valence-corrected chi connectivity index (χ0v) is 17.3. The van der Waals surface area contributed by atoms with E-state index in [2.05, 4.69) is 0 Å². The van der Waals surface area contributed by atoms with Crippen LogP contribution >= 0.6 is 7.37 Å². The molecule has 156 valence electrons. The first kappa shape index (κ1) is 24.3. The molecule has 0 aliphatic heterocycles. The van der Waals surface area contributed by atoms with Crippen molar-refractivity contribution in [3.63, 3.8) is 0 Å². The summed E-state index contributed by atoms with van der Waals surface area (Å²) in [6.07, 6.45) is 9.59. The lowest BCUT2D eigenvalue weighted by Gasteiger charge is -2.16. The molecular formula is C20H35O6P. The molecule has 6 unspecified atom stereocenters. The summed E-state index contributed by atoms with van der Waals surface area (Å²) >= 11 is 0. The van der Waals surface area contributed by atoms with Gasteiger partial charge in [0, 0.05) is 31.1 Å². The van der Waals surface area contributed by atoms with E-state index in [0.717, 1.165) is 0 Å². The van der Waals surface area contributed by atoms with Gasteiger partial charge in [0.05, 0.1) is 18.3 Å². The van der Waals surface area contributed by atoms with Gasteiger partial charge in [0.15, 0.2) is 7.37 Å². The highest BCUT2D eigenvalue weighted by molar-refractivity contribution is 7.57. The molecule has 1 aliphatic carbocycles. The number of carbonyl (C=O) groups excluding carboxylic acids is 1. The zero-order chi connectivity index (χ0) is 20.4. The summed E-state index contributed by atoms with van der Waals surface area (Å²) in [7, 11) is -2.96. The van der Waals surface area contributed by atoms with E-state index in [0.29, 0.717) is 38.5 Å². The number of aliphatic hydroxyl groups excluding tert-OH is 3. The molecule has 4 N–H and O–H groups in total. The maximum atomic E-state index is 12.2. The average molecular weight is 402 g/mol. The number of ketones is 1. The van der Waals surface area contributed by atoms with Gasteiger partial charge in [0.25, 0.3) is 0 Å². The Morgan fingerprint density at radius 2 is 1.93 bits per heavy atom. The van der Waals surface area contributed by atoms with E-state index in [9.17, 15) is 29.6 Å². The lowest BCUT2D eigenvalue weighted by Crippen LogP contribution is -2.18. The second kappa shape index (κ2) is 11.9. The Bertz CT molecular complexity index is 551. The molecule has 0 saturated heterocycles. The number of rotatable bonds is 12. The fraction of sp³-hybridized carbons (Fsp3) is 0.750. The molecule has 1 aliphatic rings. The number of Topliss-reactive ketones (excluding diaryl/α,β-unsaturated/α-hetero) is 1. The van der Waals surface area contributed by atoms with Crippen LogP contribution in [0.1, 0.15) is 51.9 Å². The molecule has 1 saturated carbocycles. The topological polar surface area (TPSA) is 115 Å². The van der Waals surface area contributed by atoms with Crippen LogP contribution in [0.5, 0.6) is 0 Å². The molecule has 0 aromatic carbocycles. The summed E-state index contributed by atoms with van der Waals surface area (Å²) in [5.74, 6) is -0.576. The normalized spacial score (nSPS) is 28.1. The molecule has 7 heteroatoms. The van der Waals surface area contributed by atoms with Gasteiger partial charge in [0.1, 0.15) is 5.78 Å². The summed E-state index contributed by atoms with van der Waals surface area (Å²) < 4.78 is 11.2. The van der Waals surface area contributed by atoms with Crippen molar-refractivity contribution in [3.05, 3.63) is 24.3 Å². The third-order valence-electron chi connectivity index (χ3n) is 4.91. The van der Waals surface area contributed by atoms with Gasteiger partial charge in [-0.25, -0.2) is 0 Å². The van der Waals surface area contributed by atoms with E-state index in [-0.39, 0.29) is 36.3 Å². The van der Waals surface area contributed by atoms with Crippen molar-refractivity contribution in [1.29, 1.82) is 0 Å². The molecule has 0 aromatic rings. The maximum absolute atomic E-state index is 12.2. The molecule has 1 fully saturated rings. The maximum Gasteiger partial charge on any atom is 0.197 e. The van der Waals surface area contributed by atoms with Gasteiger partial charge in [-0.3, -0.25) is 9.36 Å². The Morgan fingerprint density at radius 3 is 2.56 bits per heavy atom. The second-order valence-corrected chi connectivity index (χ2v) is 10.3. The van der Waals surface area contributed by atoms with Crippen LogP contribution in [0.15, 0.2) is 24.3 Å². The number of hydrogen-bond acceptors (Lipinski definition) is 5. The highest BCUT2D eigenvalue weighted by Crippen LogP contribution is 2.36. The summed E-state index contributed by atoms with van der Waals surface area (Å²) in [6.45, 7) is 3.07. The van der Waals surface area contributed by atoms with Gasteiger partial charge < -0.3 is 20.2 Å². The van der Waals surface area contributed by atoms with E-state index in [1.807, 2.05) is 12.2 Å². The molecule has 0 amide bonds. The molecular weight excluding hydrogens is 367 g/mol. The summed E-state index contributed by atoms with van der Waals surface area (Å²) in [6, 6.07) is 0. The van der Waals surface area contributed by atoms with Gasteiger partial charge >= 0.3 is 0 Å². The van der Waals surface area contributed by atoms with Crippen LogP contribution in [-0.4, -0.2) is 57.1 Å². The lowest BCUT2D eigenvalue weighted by atomic mass is 9.90. The Hall–Kier alpha value is -0.780. The zero-order valence-electron chi connectivity index (χ0n) is 16.4. The molecule has 1 rings (SSSR count). The highest BCUT2D eigenvalue weighted by atomic mass is 31.2. The number of unbranched alkanes of at least 4 members (excludes halogenated alkanes) is 1. The smallest absolute Gasteiger partial charge is 0.197 e. The van der Waals surface area contributed by atoms with Crippen LogP contribution in [0.25, 0.3) is 0 Å². The van der Waals surface area contributed by atoms with E-state index in [1.165, 1.54) is 6.66 Å². The number of hydrogen-bond donors (Lipinski definition) is 4. The van der Waals surface area contributed by atoms with E-state index < -0.39 is 19.6 Å². The van der Waals surface area contributed by atoms with E-state index in [1.54, 1.807) is 19.1 Å². The molecule has 0 heterocycles. The largest absolute Gasteiger partial charge is 0.393 e. The summed E-state index contributed by atoms with van der Waals surface area (Å²) in [4.78, 5) is 21.4. The third-order valence-corrected chi connectivity index (χ3v) is 6.06. The Labute approximate surface area is 162 Å². The minimum atomic E-state index is -2.96. The molecule has 27 heavy (non-hydrogen) atoms. The molecule has 0 spiro atoms. The van der Waals surface area contributed by atoms with Crippen molar-refractivity contribution in [3.8, 4) is 0 Å². The monoisotopic (exact) mass is 402 g/mol. The van der Waals surface area contributed by atoms with Crippen molar-refractivity contribution in [2.24, 2.45) is 11.8 Å². The predicted octanol–water partition coefficient (Wildman–Crippen LogP) is 2.65. The second-order valence-electron chi connectivity index (χ2n) is 7.78. The van der Waals surface area contributed by atoms with E-state index >= 15 is 0 Å². The minimum Gasteiger partial charge on any atom is -0.393 e. The first-order valence-corrected chi connectivity index (χ1v) is 12.1. The van der Waals surface area contributed by atoms with Crippen LogP contribution in [0.4, 0.5) is 0 Å². The predicted molar refractivity (Wildman–Crippen MR) is 107 cm³/mol. The fourth-order valence-electron chi connectivity index (χ4n) is 3.37. The van der Waals surface area contributed by atoms with Crippen LogP contribution in [0.3, 0.4) is 0 Å². The summed E-state index contributed by atoms with van der Waals surface area (Å²) in [5, 5.41) is 29.4. The van der Waals surface area contributed by atoms with Crippen molar-refractivity contribution in [2.45, 2.75) is 70.2 Å². The minimum absolute atomic E-state index is 0.0267. The van der Waals surface area contributed by atoms with E-state index in [4.69, 9.17) is 0 Å². The first-order valence-electron chi connectivity index (χ1n) is 9.79. The third kappa shape index (κ3) is 10.4. The number of allylic oxidation sites excluding steroid dienone is 2. The van der Waals surface area contributed by atoms with Crippen molar-refractivity contribution in [1.82, 2.24) is 0 Å². The van der Waals surface area contributed by atoms with Crippen molar-refractivity contribution >= 4 is 13.2 Å². The van der Waals surface area contributed by atoms with Gasteiger partial charge in [-0.15, -0.1) is 0 Å². The van der Waals surface area contributed by atoms with Gasteiger partial charge in [-0.2, -0.15) is 0 Å². The van der Waals surface area contributed by atoms with Gasteiger partial charge in [0.2, 0.25) is 0 Å². The quantitative estimate of drug-likeness (QED) is 0.227. The van der Waals surface area contributed by atoms with Crippen LogP contribution in [0, 0.1) is 11.8 Å². The molecule has 6 atom stereocenters. The molecule has 0 aromatic heterocycles. The van der Waals surface area contributed by atoms with Gasteiger partial charge in [-0.05, 0) is 45.4 Å². The standard InChI is InChI=1S/C20H35O6P/c1-15(21)8-7-9-16(22)11-12-18-17(19(23)14-20(18)24)10-5-3-4-6-13-27(2,25)26/h3,5,11-12,15-18,20-22,24H,4,6-10,13-14H2,1-2H3,(H,25,26)/b5-3+,12-11+. The Balaban J connectivity index is 2.48. The molecule has 0 radical (unpaired) electrons. The Morgan fingerprint density at radius 1 is 1.22 bits per heavy atom. The lowest BCUT2D eigenvalue weighted by molar-refractivity contribution is -0.121. The van der Waals surface area contributed by atoms with Crippen LogP contribution in [0.2, 0.25) is 0 Å². The molecule has 6 nitrogen and oxygen atoms in total. The molecule has 0 bridgehead atoms. The average Bonchev–Trinajstić information content (AvgIpc) is 2.80. The Kier molecular flexibility index (Phi) is 10.7. The van der Waals surface area contributed by atoms with Crippen molar-refractivity contribution in [2.75, 3.05) is 12.8 Å². The highest BCUT2D eigenvalue weighted by Gasteiger charge is 2.39. The number of carbonyl (C=O) groups is 1. The first-order chi connectivity index (χ1) is 12.6. The van der Waals surface area contributed by atoms with Crippen LogP contribution in [-0.2, 0) is 9.36 Å².